The maximum Gasteiger partial charge on any atom is 0.223 e. The smallest absolute Gasteiger partial charge is 0.223 e. The number of pyridine rings is 3. The van der Waals surface area contributed by atoms with Crippen molar-refractivity contribution in [3.8, 4) is 17.2 Å². The second kappa shape index (κ2) is 36.3. The van der Waals surface area contributed by atoms with E-state index in [1.165, 1.54) is 18.2 Å². The maximum absolute atomic E-state index is 12.5. The molecule has 0 saturated heterocycles. The topological polar surface area (TPSA) is 297 Å². The molecule has 3 rings (SSSR count). The van der Waals surface area contributed by atoms with Crippen molar-refractivity contribution in [3.63, 3.8) is 0 Å². The van der Waals surface area contributed by atoms with Crippen LogP contribution in [0.3, 0.4) is 0 Å². The number of ether oxygens (including phenoxy) is 9. The average Bonchev–Trinajstić information content (AvgIpc) is 3.38. The van der Waals surface area contributed by atoms with Crippen molar-refractivity contribution in [2.45, 2.75) is 66.6 Å². The zero-order valence-corrected chi connectivity index (χ0v) is 43.4. The molecule has 0 aliphatic rings. The van der Waals surface area contributed by atoms with Crippen LogP contribution in [0.15, 0.2) is 51.2 Å². The number of amides is 3. The van der Waals surface area contributed by atoms with Gasteiger partial charge in [-0.1, -0.05) is 6.92 Å². The van der Waals surface area contributed by atoms with E-state index in [9.17, 15) is 44.1 Å². The molecule has 0 atom stereocenters. The van der Waals surface area contributed by atoms with Gasteiger partial charge in [-0.05, 0) is 20.8 Å². The van der Waals surface area contributed by atoms with Crippen LogP contribution in [0, 0.1) is 26.2 Å². The van der Waals surface area contributed by atoms with Crippen LogP contribution < -0.4 is 32.2 Å². The van der Waals surface area contributed by atoms with E-state index in [0.29, 0.717) is 116 Å². The Kier molecular flexibility index (Phi) is 30.7. The van der Waals surface area contributed by atoms with Crippen LogP contribution in [0.25, 0.3) is 0 Å². The number of nitrogens with zero attached hydrogens (tertiary/aromatic N) is 3. The lowest BCUT2D eigenvalue weighted by atomic mass is 9.94. The summed E-state index contributed by atoms with van der Waals surface area (Å²) in [5.41, 5.74) is -0.571. The number of carbonyl (C=O) groups is 3. The molecule has 0 aliphatic carbocycles. The highest BCUT2D eigenvalue weighted by Crippen LogP contribution is 2.19. The highest BCUT2D eigenvalue weighted by molar-refractivity contribution is 5.76. The molecule has 0 aliphatic heterocycles. The Morgan fingerprint density at radius 1 is 0.419 bits per heavy atom. The second-order valence-corrected chi connectivity index (χ2v) is 17.4. The molecule has 3 amide bonds. The van der Waals surface area contributed by atoms with E-state index in [1.54, 1.807) is 53.1 Å². The summed E-state index contributed by atoms with van der Waals surface area (Å²) in [5, 5.41) is 37.8. The summed E-state index contributed by atoms with van der Waals surface area (Å²) in [6, 6.07) is 3.90. The van der Waals surface area contributed by atoms with Crippen molar-refractivity contribution in [2.24, 2.45) is 5.41 Å². The number of aromatic hydroxyl groups is 3. The summed E-state index contributed by atoms with van der Waals surface area (Å²) < 4.78 is 56.2. The lowest BCUT2D eigenvalue weighted by molar-refractivity contribution is -0.123. The molecular formula is C50H78N6O18. The van der Waals surface area contributed by atoms with Gasteiger partial charge in [0.15, 0.2) is 17.2 Å². The Morgan fingerprint density at radius 3 is 0.946 bits per heavy atom. The van der Waals surface area contributed by atoms with Gasteiger partial charge >= 0.3 is 0 Å². The molecule has 0 saturated carbocycles. The first-order valence-corrected chi connectivity index (χ1v) is 24.8. The molecule has 0 bridgehead atoms. The van der Waals surface area contributed by atoms with Crippen molar-refractivity contribution >= 4 is 17.7 Å². The van der Waals surface area contributed by atoms with Gasteiger partial charge in [0.2, 0.25) is 34.0 Å². The molecule has 0 unspecified atom stereocenters. The van der Waals surface area contributed by atoms with Gasteiger partial charge in [-0.3, -0.25) is 28.8 Å². The highest BCUT2D eigenvalue weighted by atomic mass is 16.5. The molecule has 24 nitrogen and oxygen atoms in total. The third-order valence-corrected chi connectivity index (χ3v) is 11.3. The predicted molar refractivity (Wildman–Crippen MR) is 270 cm³/mol. The minimum atomic E-state index is -0.687. The predicted octanol–water partition coefficient (Wildman–Crippen LogP) is 0.289. The number of rotatable bonds is 42. The van der Waals surface area contributed by atoms with Gasteiger partial charge in [0.25, 0.3) is 0 Å². The first kappa shape index (κ1) is 62.6. The average molecular weight is 1050 g/mol. The molecule has 416 valence electrons. The molecule has 3 aromatic heterocycles. The van der Waals surface area contributed by atoms with Gasteiger partial charge in [-0.15, -0.1) is 0 Å². The van der Waals surface area contributed by atoms with E-state index in [1.807, 2.05) is 6.92 Å². The quantitative estimate of drug-likeness (QED) is 0.0416. The van der Waals surface area contributed by atoms with Crippen molar-refractivity contribution < 1.29 is 72.3 Å². The van der Waals surface area contributed by atoms with Gasteiger partial charge in [0, 0.05) is 101 Å². The lowest BCUT2D eigenvalue weighted by Crippen LogP contribution is -2.36. The van der Waals surface area contributed by atoms with Gasteiger partial charge in [-0.2, -0.15) is 0 Å². The minimum absolute atomic E-state index is 0.100. The molecule has 0 radical (unpaired) electrons. The molecule has 6 N–H and O–H groups in total. The molecule has 0 aromatic carbocycles. The van der Waals surface area contributed by atoms with E-state index in [-0.39, 0.29) is 114 Å². The summed E-state index contributed by atoms with van der Waals surface area (Å²) in [6.07, 6.45) is 5.10. The Balaban J connectivity index is 1.28. The molecular weight excluding hydrogens is 973 g/mol. The highest BCUT2D eigenvalue weighted by Gasteiger charge is 2.26. The third kappa shape index (κ3) is 25.5. The Morgan fingerprint density at radius 2 is 0.676 bits per heavy atom. The number of carbonyl (C=O) groups excluding carboxylic acids is 3. The second-order valence-electron chi connectivity index (χ2n) is 17.4. The van der Waals surface area contributed by atoms with E-state index in [0.717, 1.165) is 0 Å². The zero-order valence-electron chi connectivity index (χ0n) is 43.4. The van der Waals surface area contributed by atoms with Crippen LogP contribution in [0.2, 0.25) is 0 Å². The lowest BCUT2D eigenvalue weighted by Gasteiger charge is -2.29. The monoisotopic (exact) mass is 1050 g/mol. The largest absolute Gasteiger partial charge is 0.503 e. The summed E-state index contributed by atoms with van der Waals surface area (Å²) in [6.45, 7) is 13.9. The number of aromatic nitrogens is 3. The van der Waals surface area contributed by atoms with E-state index in [2.05, 4.69) is 16.0 Å². The summed E-state index contributed by atoms with van der Waals surface area (Å²) in [7, 11) is 0. The third-order valence-electron chi connectivity index (χ3n) is 11.3. The summed E-state index contributed by atoms with van der Waals surface area (Å²) in [4.78, 5) is 72.0. The van der Waals surface area contributed by atoms with Gasteiger partial charge < -0.3 is 87.6 Å². The number of hydrogen-bond donors (Lipinski definition) is 6. The number of hydrogen-bond acceptors (Lipinski definition) is 18. The first-order valence-electron chi connectivity index (χ1n) is 24.8. The molecule has 24 heteroatoms. The van der Waals surface area contributed by atoms with Crippen molar-refractivity contribution in [1.82, 2.24) is 29.7 Å². The van der Waals surface area contributed by atoms with Gasteiger partial charge in [0.1, 0.15) is 0 Å². The summed E-state index contributed by atoms with van der Waals surface area (Å²) in [5.74, 6) is -1.49. The van der Waals surface area contributed by atoms with E-state index in [4.69, 9.17) is 42.6 Å². The first-order chi connectivity index (χ1) is 35.6. The molecule has 74 heavy (non-hydrogen) atoms. The fraction of sp³-hybridized carbons (Fsp3) is 0.640. The number of nitrogens with one attached hydrogen (secondary N) is 3. The van der Waals surface area contributed by atoms with Crippen LogP contribution in [0.4, 0.5) is 0 Å². The maximum atomic E-state index is 12.5. The molecule has 0 spiro atoms. The Bertz CT molecular complexity index is 2050. The summed E-state index contributed by atoms with van der Waals surface area (Å²) >= 11 is 0. The minimum Gasteiger partial charge on any atom is -0.503 e. The van der Waals surface area contributed by atoms with Crippen LogP contribution in [-0.4, -0.2) is 185 Å². The molecule has 3 aromatic rings. The fourth-order valence-electron chi connectivity index (χ4n) is 6.80. The fourth-order valence-corrected chi connectivity index (χ4v) is 6.80. The van der Waals surface area contributed by atoms with Crippen LogP contribution in [0.5, 0.6) is 17.2 Å². The Hall–Kier alpha value is -5.70. The van der Waals surface area contributed by atoms with E-state index >= 15 is 0 Å². The van der Waals surface area contributed by atoms with Crippen molar-refractivity contribution in [1.29, 1.82) is 0 Å². The van der Waals surface area contributed by atoms with Crippen molar-refractivity contribution in [2.75, 3.05) is 139 Å². The normalized spacial score (nSPS) is 11.5. The van der Waals surface area contributed by atoms with Crippen molar-refractivity contribution in [3.05, 3.63) is 84.5 Å². The Labute approximate surface area is 431 Å². The van der Waals surface area contributed by atoms with E-state index < -0.39 is 21.7 Å². The van der Waals surface area contributed by atoms with Crippen LogP contribution >= 0.6 is 0 Å². The van der Waals surface area contributed by atoms with Crippen LogP contribution in [0.1, 0.15) is 43.3 Å². The molecule has 3 heterocycles. The van der Waals surface area contributed by atoms with Gasteiger partial charge in [-0.25, -0.2) is 0 Å². The zero-order chi connectivity index (χ0) is 54.0. The van der Waals surface area contributed by atoms with Gasteiger partial charge in [0.05, 0.1) is 136 Å². The SMILES string of the molecule is Cc1c(O)c(=O)ccn1CCOCCOCCNC(=O)CCOCC(C)(COCCC(=O)NCCOCCOCCn1ccc(=O)c(O)c1C)COCCC(=O)NCCOCCOCCn1ccc(=O)c(O)c1C. The molecule has 0 fully saturated rings. The van der Waals surface area contributed by atoms with Crippen LogP contribution in [-0.2, 0) is 76.6 Å². The standard InChI is InChI=1S/C50H78N6O18/c1-38-47(63)41(57)5-14-54(38)17-26-69-32-29-66-23-11-51-44(60)8-20-72-35-50(4,36-73-21-9-45(61)52-12-24-67-30-33-70-27-18-55-15-6-42(58)48(64)39(55)2)37-74-22-10-46(62)53-13-25-68-31-34-71-28-19-56-16-7-43(59)49(65)40(56)3/h5-7,14-16,63-65H,8-13,17-37H2,1-4H3,(H,51,60)(H,52,61)(H,53,62).